The van der Waals surface area contributed by atoms with Crippen LogP contribution in [-0.4, -0.2) is 42.0 Å². The van der Waals surface area contributed by atoms with Crippen LogP contribution in [0, 0.1) is 13.8 Å². The van der Waals surface area contributed by atoms with E-state index in [9.17, 15) is 4.79 Å². The summed E-state index contributed by atoms with van der Waals surface area (Å²) in [4.78, 5) is 22.2. The van der Waals surface area contributed by atoms with E-state index in [1.54, 1.807) is 11.3 Å². The summed E-state index contributed by atoms with van der Waals surface area (Å²) in [6, 6.07) is 18.8. The van der Waals surface area contributed by atoms with Crippen molar-refractivity contribution < 1.29 is 4.79 Å². The number of nitrogens with zero attached hydrogens (tertiary/aromatic N) is 3. The van der Waals surface area contributed by atoms with Crippen LogP contribution in [0.1, 0.15) is 16.7 Å². The number of hydrogen-bond donors (Lipinski definition) is 0. The predicted octanol–water partition coefficient (Wildman–Crippen LogP) is 4.96. The number of aryl methyl sites for hydroxylation is 2. The van der Waals surface area contributed by atoms with Gasteiger partial charge in [-0.15, -0.1) is 0 Å². The quantitative estimate of drug-likeness (QED) is 0.475. The normalized spacial score (nSPS) is 14.6. The molecule has 0 saturated carbocycles. The third-order valence-corrected chi connectivity index (χ3v) is 7.28. The molecule has 1 aliphatic heterocycles. The zero-order valence-corrected chi connectivity index (χ0v) is 18.2. The molecule has 0 radical (unpaired) electrons. The third-order valence-electron chi connectivity index (χ3n) is 6.20. The Hall–Kier alpha value is -2.92. The Balaban J connectivity index is 1.28. The van der Waals surface area contributed by atoms with Crippen molar-refractivity contribution in [3.63, 3.8) is 0 Å². The van der Waals surface area contributed by atoms with Gasteiger partial charge in [0.05, 0.1) is 16.6 Å². The van der Waals surface area contributed by atoms with Crippen LogP contribution in [0.2, 0.25) is 0 Å². The van der Waals surface area contributed by atoms with E-state index in [0.717, 1.165) is 42.4 Å². The number of piperazine rings is 1. The number of thiazole rings is 1. The zero-order chi connectivity index (χ0) is 20.7. The molecular formula is C25H25N3OS. The van der Waals surface area contributed by atoms with Crippen LogP contribution >= 0.6 is 11.3 Å². The highest BCUT2D eigenvalue weighted by Gasteiger charge is 2.24. The Morgan fingerprint density at radius 2 is 1.73 bits per heavy atom. The average Bonchev–Trinajstić information content (AvgIpc) is 3.22. The molecule has 1 aromatic heterocycles. The molecule has 30 heavy (non-hydrogen) atoms. The lowest BCUT2D eigenvalue weighted by Gasteiger charge is -2.34. The van der Waals surface area contributed by atoms with Crippen LogP contribution in [0.25, 0.3) is 21.0 Å². The summed E-state index contributed by atoms with van der Waals surface area (Å²) in [6.45, 7) is 7.44. The molecule has 4 aromatic rings. The molecule has 152 valence electrons. The zero-order valence-electron chi connectivity index (χ0n) is 17.4. The summed E-state index contributed by atoms with van der Waals surface area (Å²) in [5.41, 5.74) is 4.77. The topological polar surface area (TPSA) is 36.4 Å². The Morgan fingerprint density at radius 3 is 2.57 bits per heavy atom. The maximum atomic E-state index is 13.0. The van der Waals surface area contributed by atoms with Crippen LogP contribution in [0.3, 0.4) is 0 Å². The molecule has 1 aliphatic rings. The molecule has 0 bridgehead atoms. The van der Waals surface area contributed by atoms with Gasteiger partial charge >= 0.3 is 0 Å². The van der Waals surface area contributed by atoms with Gasteiger partial charge in [-0.2, -0.15) is 0 Å². The minimum absolute atomic E-state index is 0.210. The molecule has 0 spiro atoms. The van der Waals surface area contributed by atoms with Gasteiger partial charge in [-0.3, -0.25) is 4.79 Å². The van der Waals surface area contributed by atoms with Crippen molar-refractivity contribution in [1.29, 1.82) is 0 Å². The number of carbonyl (C=O) groups excluding carboxylic acids is 1. The molecule has 1 fully saturated rings. The molecule has 0 unspecified atom stereocenters. The molecule has 0 N–H and O–H groups in total. The average molecular weight is 416 g/mol. The molecule has 0 atom stereocenters. The highest BCUT2D eigenvalue weighted by Crippen LogP contribution is 2.32. The first-order valence-electron chi connectivity index (χ1n) is 10.5. The third kappa shape index (κ3) is 3.43. The first-order chi connectivity index (χ1) is 14.6. The van der Waals surface area contributed by atoms with E-state index in [0.29, 0.717) is 6.42 Å². The number of anilines is 1. The lowest BCUT2D eigenvalue weighted by molar-refractivity contribution is -0.130. The van der Waals surface area contributed by atoms with Gasteiger partial charge in [-0.1, -0.05) is 59.9 Å². The van der Waals surface area contributed by atoms with Gasteiger partial charge in [-0.25, -0.2) is 4.98 Å². The number of amides is 1. The Morgan fingerprint density at radius 1 is 0.967 bits per heavy atom. The van der Waals surface area contributed by atoms with Crippen molar-refractivity contribution in [2.24, 2.45) is 0 Å². The second kappa shape index (κ2) is 7.73. The standard InChI is InChI=1S/C25H25N3OS/c1-17-10-11-22-24(18(17)2)26-25(30-22)28-14-12-27(13-15-28)23(29)16-20-8-5-7-19-6-3-4-9-21(19)20/h3-11H,12-16H2,1-2H3. The number of rotatable bonds is 3. The summed E-state index contributed by atoms with van der Waals surface area (Å²) < 4.78 is 1.24. The van der Waals surface area contributed by atoms with E-state index in [-0.39, 0.29) is 5.91 Å². The van der Waals surface area contributed by atoms with Crippen LogP contribution in [0.5, 0.6) is 0 Å². The van der Waals surface area contributed by atoms with Crippen LogP contribution in [0.4, 0.5) is 5.13 Å². The summed E-state index contributed by atoms with van der Waals surface area (Å²) in [6.07, 6.45) is 0.459. The molecule has 1 saturated heterocycles. The SMILES string of the molecule is Cc1ccc2sc(N3CCN(C(=O)Cc4cccc5ccccc45)CC3)nc2c1C. The first kappa shape index (κ1) is 19.1. The van der Waals surface area contributed by atoms with E-state index in [2.05, 4.69) is 55.1 Å². The Bertz CT molecular complexity index is 1230. The lowest BCUT2D eigenvalue weighted by atomic mass is 10.0. The highest BCUT2D eigenvalue weighted by atomic mass is 32.1. The maximum absolute atomic E-state index is 13.0. The molecular weight excluding hydrogens is 390 g/mol. The van der Waals surface area contributed by atoms with Gasteiger partial charge in [0.15, 0.2) is 5.13 Å². The maximum Gasteiger partial charge on any atom is 0.227 e. The van der Waals surface area contributed by atoms with Crippen molar-refractivity contribution in [2.45, 2.75) is 20.3 Å². The molecule has 0 aliphatic carbocycles. The summed E-state index contributed by atoms with van der Waals surface area (Å²) in [5, 5.41) is 3.43. The van der Waals surface area contributed by atoms with Crippen molar-refractivity contribution >= 4 is 43.4 Å². The predicted molar refractivity (Wildman–Crippen MR) is 126 cm³/mol. The van der Waals surface area contributed by atoms with Gasteiger partial charge in [0.25, 0.3) is 0 Å². The number of carbonyl (C=O) groups is 1. The Kier molecular flexibility index (Phi) is 4.91. The summed E-state index contributed by atoms with van der Waals surface area (Å²) in [7, 11) is 0. The second-order valence-electron chi connectivity index (χ2n) is 8.03. The number of fused-ring (bicyclic) bond motifs is 2. The lowest BCUT2D eigenvalue weighted by Crippen LogP contribution is -2.49. The van der Waals surface area contributed by atoms with E-state index in [1.165, 1.54) is 26.6 Å². The molecule has 5 heteroatoms. The van der Waals surface area contributed by atoms with Crippen molar-refractivity contribution in [3.8, 4) is 0 Å². The molecule has 3 aromatic carbocycles. The number of benzene rings is 3. The largest absolute Gasteiger partial charge is 0.345 e. The summed E-state index contributed by atoms with van der Waals surface area (Å²) >= 11 is 1.75. The monoisotopic (exact) mass is 415 g/mol. The minimum atomic E-state index is 0.210. The smallest absolute Gasteiger partial charge is 0.227 e. The Labute approximate surface area is 180 Å². The fraction of sp³-hybridized carbons (Fsp3) is 0.280. The van der Waals surface area contributed by atoms with Crippen LogP contribution < -0.4 is 4.90 Å². The van der Waals surface area contributed by atoms with E-state index in [4.69, 9.17) is 4.98 Å². The van der Waals surface area contributed by atoms with Gasteiger partial charge in [0, 0.05) is 26.2 Å². The van der Waals surface area contributed by atoms with Gasteiger partial charge in [0.2, 0.25) is 5.91 Å². The van der Waals surface area contributed by atoms with E-state index in [1.807, 2.05) is 23.1 Å². The number of aromatic nitrogens is 1. The second-order valence-corrected chi connectivity index (χ2v) is 9.04. The highest BCUT2D eigenvalue weighted by molar-refractivity contribution is 7.22. The van der Waals surface area contributed by atoms with Crippen LogP contribution in [0.15, 0.2) is 54.6 Å². The van der Waals surface area contributed by atoms with E-state index < -0.39 is 0 Å². The van der Waals surface area contributed by atoms with Crippen LogP contribution in [-0.2, 0) is 11.2 Å². The van der Waals surface area contributed by atoms with Crippen molar-refractivity contribution in [1.82, 2.24) is 9.88 Å². The van der Waals surface area contributed by atoms with Crippen molar-refractivity contribution in [3.05, 3.63) is 71.3 Å². The number of hydrogen-bond acceptors (Lipinski definition) is 4. The fourth-order valence-corrected chi connectivity index (χ4v) is 5.29. The summed E-state index contributed by atoms with van der Waals surface area (Å²) in [5.74, 6) is 0.210. The van der Waals surface area contributed by atoms with E-state index >= 15 is 0 Å². The first-order valence-corrected chi connectivity index (χ1v) is 11.3. The minimum Gasteiger partial charge on any atom is -0.345 e. The molecule has 4 nitrogen and oxygen atoms in total. The van der Waals surface area contributed by atoms with Gasteiger partial charge in [-0.05, 0) is 47.4 Å². The molecule has 1 amide bonds. The fourth-order valence-electron chi connectivity index (χ4n) is 4.22. The molecule has 5 rings (SSSR count). The van der Waals surface area contributed by atoms with Crippen molar-refractivity contribution in [2.75, 3.05) is 31.1 Å². The van der Waals surface area contributed by atoms with Gasteiger partial charge in [0.1, 0.15) is 0 Å². The molecule has 2 heterocycles. The van der Waals surface area contributed by atoms with Gasteiger partial charge < -0.3 is 9.80 Å².